The molecule has 0 bridgehead atoms. The predicted octanol–water partition coefficient (Wildman–Crippen LogP) is 1.40. The third kappa shape index (κ3) is 2.70. The maximum Gasteiger partial charge on any atom is 0.297 e. The molecule has 0 radical (unpaired) electrons. The van der Waals surface area contributed by atoms with Gasteiger partial charge >= 0.3 is 0 Å². The molecule has 2 aliphatic rings. The fourth-order valence-corrected chi connectivity index (χ4v) is 3.56. The number of H-pyrrole nitrogens is 1. The number of aliphatic imine (C=N–C) groups is 1. The third-order valence-corrected chi connectivity index (χ3v) is 4.71. The van der Waals surface area contributed by atoms with Crippen LogP contribution in [0.3, 0.4) is 0 Å². The molecular weight excluding hydrogens is 402 g/mol. The number of nitrogens with one attached hydrogen (secondary N) is 4. The van der Waals surface area contributed by atoms with Gasteiger partial charge in [0.15, 0.2) is 0 Å². The van der Waals surface area contributed by atoms with Crippen LogP contribution in [0.25, 0.3) is 16.5 Å². The molecule has 0 unspecified atom stereocenters. The number of guanidine groups is 1. The number of halogens is 1. The van der Waals surface area contributed by atoms with Crippen molar-refractivity contribution in [1.29, 1.82) is 0 Å². The van der Waals surface area contributed by atoms with E-state index in [4.69, 9.17) is 0 Å². The molecule has 0 aliphatic carbocycles. The number of hydrogen-bond acceptors (Lipinski definition) is 4. The number of fused-ring (bicyclic) bond motifs is 3. The first-order valence-corrected chi connectivity index (χ1v) is 8.74. The van der Waals surface area contributed by atoms with Crippen molar-refractivity contribution in [2.24, 2.45) is 4.99 Å². The minimum Gasteiger partial charge on any atom is -0.350 e. The van der Waals surface area contributed by atoms with Gasteiger partial charge in [0, 0.05) is 34.4 Å². The van der Waals surface area contributed by atoms with Crippen molar-refractivity contribution < 1.29 is 14.4 Å². The van der Waals surface area contributed by atoms with Crippen LogP contribution < -0.4 is 16.0 Å². The zero-order valence-corrected chi connectivity index (χ0v) is 15.3. The van der Waals surface area contributed by atoms with E-state index < -0.39 is 5.91 Å². The molecule has 8 nitrogen and oxygen atoms in total. The van der Waals surface area contributed by atoms with Crippen molar-refractivity contribution in [3.8, 4) is 0 Å². The molecule has 26 heavy (non-hydrogen) atoms. The van der Waals surface area contributed by atoms with E-state index in [1.165, 1.54) is 6.92 Å². The summed E-state index contributed by atoms with van der Waals surface area (Å²) in [5, 5.41) is 9.01. The highest BCUT2D eigenvalue weighted by Gasteiger charge is 2.31. The molecule has 0 saturated carbocycles. The van der Waals surface area contributed by atoms with Crippen LogP contribution in [0.15, 0.2) is 33.4 Å². The van der Waals surface area contributed by atoms with E-state index in [1.54, 1.807) is 0 Å². The van der Waals surface area contributed by atoms with E-state index in [2.05, 4.69) is 41.9 Å². The van der Waals surface area contributed by atoms with E-state index in [1.807, 2.05) is 18.2 Å². The van der Waals surface area contributed by atoms with E-state index in [9.17, 15) is 14.4 Å². The van der Waals surface area contributed by atoms with Crippen LogP contribution in [0.5, 0.6) is 0 Å². The average Bonchev–Trinajstić information content (AvgIpc) is 3.06. The Bertz CT molecular complexity index is 1050. The van der Waals surface area contributed by atoms with E-state index in [0.717, 1.165) is 15.4 Å². The Kier molecular flexibility index (Phi) is 3.87. The SMILES string of the molecule is CC(=O)NC1=NC(=O)C(=C2CCNC(=O)c3[nH]c4ccc(Br)cc4c32)N1. The van der Waals surface area contributed by atoms with Gasteiger partial charge in [0.25, 0.3) is 11.8 Å². The maximum absolute atomic E-state index is 12.4. The molecule has 3 amide bonds. The lowest BCUT2D eigenvalue weighted by Gasteiger charge is -2.10. The second kappa shape index (κ2) is 6.10. The number of aromatic amines is 1. The molecule has 0 fully saturated rings. The number of amides is 3. The molecule has 9 heteroatoms. The quantitative estimate of drug-likeness (QED) is 0.486. The Morgan fingerprint density at radius 1 is 1.31 bits per heavy atom. The van der Waals surface area contributed by atoms with E-state index >= 15 is 0 Å². The first kappa shape index (κ1) is 16.5. The van der Waals surface area contributed by atoms with Gasteiger partial charge in [-0.25, -0.2) is 0 Å². The monoisotopic (exact) mass is 415 g/mol. The fourth-order valence-electron chi connectivity index (χ4n) is 3.20. The number of nitrogens with zero attached hydrogens (tertiary/aromatic N) is 1. The Morgan fingerprint density at radius 3 is 2.88 bits per heavy atom. The highest BCUT2D eigenvalue weighted by Crippen LogP contribution is 2.36. The first-order valence-electron chi connectivity index (χ1n) is 7.94. The molecule has 132 valence electrons. The Hall–Kier alpha value is -2.94. The van der Waals surface area contributed by atoms with Gasteiger partial charge in [0.1, 0.15) is 11.4 Å². The minimum absolute atomic E-state index is 0.0936. The zero-order valence-electron chi connectivity index (χ0n) is 13.7. The van der Waals surface area contributed by atoms with Gasteiger partial charge in [-0.2, -0.15) is 4.99 Å². The summed E-state index contributed by atoms with van der Waals surface area (Å²) in [5.41, 5.74) is 2.82. The molecule has 0 atom stereocenters. The van der Waals surface area contributed by atoms with Crippen LogP contribution in [-0.4, -0.2) is 35.2 Å². The van der Waals surface area contributed by atoms with Gasteiger partial charge in [-0.3, -0.25) is 19.7 Å². The Morgan fingerprint density at radius 2 is 2.12 bits per heavy atom. The van der Waals surface area contributed by atoms with Crippen LogP contribution in [0.2, 0.25) is 0 Å². The third-order valence-electron chi connectivity index (χ3n) is 4.22. The Balaban J connectivity index is 1.92. The van der Waals surface area contributed by atoms with Crippen molar-refractivity contribution in [2.45, 2.75) is 13.3 Å². The minimum atomic E-state index is -0.478. The molecular formula is C17H14BrN5O3. The molecule has 1 aromatic carbocycles. The smallest absolute Gasteiger partial charge is 0.297 e. The van der Waals surface area contributed by atoms with Crippen molar-refractivity contribution in [1.82, 2.24) is 20.9 Å². The second-order valence-corrected chi connectivity index (χ2v) is 6.91. The molecule has 4 rings (SSSR count). The number of rotatable bonds is 0. The highest BCUT2D eigenvalue weighted by atomic mass is 79.9. The van der Waals surface area contributed by atoms with Crippen molar-refractivity contribution in [2.75, 3.05) is 6.54 Å². The molecule has 3 heterocycles. The molecule has 0 spiro atoms. The summed E-state index contributed by atoms with van der Waals surface area (Å²) < 4.78 is 0.863. The number of carbonyl (C=O) groups is 3. The number of hydrogen-bond donors (Lipinski definition) is 4. The van der Waals surface area contributed by atoms with Gasteiger partial charge in [-0.15, -0.1) is 0 Å². The van der Waals surface area contributed by atoms with Crippen LogP contribution in [0.4, 0.5) is 0 Å². The summed E-state index contributed by atoms with van der Waals surface area (Å²) in [6.45, 7) is 1.73. The summed E-state index contributed by atoms with van der Waals surface area (Å²) in [4.78, 5) is 43.1. The van der Waals surface area contributed by atoms with Crippen LogP contribution in [0.1, 0.15) is 29.4 Å². The lowest BCUT2D eigenvalue weighted by molar-refractivity contribution is -0.117. The van der Waals surface area contributed by atoms with E-state index in [0.29, 0.717) is 29.8 Å². The van der Waals surface area contributed by atoms with Crippen LogP contribution in [-0.2, 0) is 9.59 Å². The molecule has 2 aliphatic heterocycles. The Labute approximate surface area is 156 Å². The van der Waals surface area contributed by atoms with Gasteiger partial charge in [-0.1, -0.05) is 15.9 Å². The number of benzene rings is 1. The maximum atomic E-state index is 12.4. The van der Waals surface area contributed by atoms with Gasteiger partial charge in [0.2, 0.25) is 11.9 Å². The van der Waals surface area contributed by atoms with Gasteiger partial charge < -0.3 is 15.6 Å². The van der Waals surface area contributed by atoms with Crippen molar-refractivity contribution in [3.63, 3.8) is 0 Å². The molecule has 2 aromatic rings. The standard InChI is InChI=1S/C17H14BrN5O3/c1-7(24)20-17-22-13(16(26)23-17)9-4-5-19-15(25)14-12(9)10-6-8(18)2-3-11(10)21-14/h2-3,6,21H,4-5H2,1H3,(H,19,25)(H2,20,22,23,24,26). The molecule has 0 saturated heterocycles. The number of carbonyl (C=O) groups excluding carboxylic acids is 3. The second-order valence-electron chi connectivity index (χ2n) is 6.00. The summed E-state index contributed by atoms with van der Waals surface area (Å²) in [5.74, 6) is -0.939. The van der Waals surface area contributed by atoms with Gasteiger partial charge in [0.05, 0.1) is 0 Å². The lowest BCUT2D eigenvalue weighted by Crippen LogP contribution is -2.36. The largest absolute Gasteiger partial charge is 0.350 e. The van der Waals surface area contributed by atoms with Crippen LogP contribution >= 0.6 is 15.9 Å². The van der Waals surface area contributed by atoms with Crippen LogP contribution in [0, 0.1) is 0 Å². The van der Waals surface area contributed by atoms with Gasteiger partial charge in [-0.05, 0) is 30.2 Å². The van der Waals surface area contributed by atoms with Crippen molar-refractivity contribution >= 4 is 56.1 Å². The fraction of sp³-hybridized carbons (Fsp3) is 0.176. The first-order chi connectivity index (χ1) is 12.4. The summed E-state index contributed by atoms with van der Waals surface area (Å²) in [6.07, 6.45) is 0.454. The topological polar surface area (TPSA) is 115 Å². The van der Waals surface area contributed by atoms with Crippen molar-refractivity contribution in [3.05, 3.63) is 39.6 Å². The molecule has 1 aromatic heterocycles. The predicted molar refractivity (Wildman–Crippen MR) is 99.3 cm³/mol. The lowest BCUT2D eigenvalue weighted by atomic mass is 9.97. The summed E-state index contributed by atoms with van der Waals surface area (Å²) >= 11 is 3.45. The van der Waals surface area contributed by atoms with E-state index in [-0.39, 0.29) is 23.5 Å². The summed E-state index contributed by atoms with van der Waals surface area (Å²) in [6, 6.07) is 5.64. The average molecular weight is 416 g/mol. The number of aromatic nitrogens is 1. The normalized spacial score (nSPS) is 19.5. The summed E-state index contributed by atoms with van der Waals surface area (Å²) in [7, 11) is 0. The molecule has 4 N–H and O–H groups in total. The highest BCUT2D eigenvalue weighted by molar-refractivity contribution is 9.10. The zero-order chi connectivity index (χ0) is 18.4.